The number of unbranched alkanes of at least 4 members (excludes halogenated alkanes) is 6. The molecule has 0 aromatic carbocycles. The molecule has 0 bridgehead atoms. The summed E-state index contributed by atoms with van der Waals surface area (Å²) in [7, 11) is 0. The van der Waals surface area contributed by atoms with Gasteiger partial charge >= 0.3 is 0 Å². The molecule has 0 heterocycles. The van der Waals surface area contributed by atoms with Gasteiger partial charge < -0.3 is 12.4 Å². The van der Waals surface area contributed by atoms with E-state index in [2.05, 4.69) is 13.8 Å². The van der Waals surface area contributed by atoms with E-state index in [1.807, 2.05) is 0 Å². The van der Waals surface area contributed by atoms with Crippen LogP contribution in [0.1, 0.15) is 51.9 Å². The van der Waals surface area contributed by atoms with Crippen molar-refractivity contribution in [2.24, 2.45) is 0 Å². The Balaban J connectivity index is -0.000000320. The van der Waals surface area contributed by atoms with E-state index in [0.717, 1.165) is 6.42 Å². The normalized spacial score (nSPS) is 8.18. The van der Waals surface area contributed by atoms with Crippen LogP contribution in [0.25, 0.3) is 0 Å². The molecule has 2 heteroatoms. The van der Waals surface area contributed by atoms with Gasteiger partial charge in [-0.05, 0) is 0 Å². The number of hydrogen-bond donors (Lipinski definition) is 0. The molecule has 0 aliphatic rings. The Bertz CT molecular complexity index is 42.8. The van der Waals surface area contributed by atoms with Crippen molar-refractivity contribution < 1.29 is 38.2 Å². The summed E-state index contributed by atoms with van der Waals surface area (Å²) in [5.74, 6) is 0. The first kappa shape index (κ1) is 18.0. The zero-order valence-corrected chi connectivity index (χ0v) is 10.6. The molecule has 0 unspecified atom stereocenters. The van der Waals surface area contributed by atoms with Crippen LogP contribution in [0, 0.1) is 6.92 Å². The van der Waals surface area contributed by atoms with Gasteiger partial charge in [-0.15, -0.1) is 0 Å². The van der Waals surface area contributed by atoms with Gasteiger partial charge in [0.1, 0.15) is 0 Å². The molecule has 1 nitrogen and oxygen atoms in total. The summed E-state index contributed by atoms with van der Waals surface area (Å²) in [6.45, 7) is 6.05. The smallest absolute Gasteiger partial charge is 0 e. The molecule has 0 aromatic rings. The van der Waals surface area contributed by atoms with Crippen molar-refractivity contribution in [1.29, 1.82) is 0 Å². The maximum atomic E-state index is 3.80. The van der Waals surface area contributed by atoms with Crippen LogP contribution in [0.4, 0.5) is 0 Å². The van der Waals surface area contributed by atoms with E-state index in [1.54, 1.807) is 0 Å². The standard InChI is InChI=1S/C9H19.H2O.Y/c1-3-5-7-9-8-6-4-2;;/h1,3-9H2,2H3;1H2;/q-1;;. The third-order valence-corrected chi connectivity index (χ3v) is 1.60. The first-order chi connectivity index (χ1) is 4.41. The Morgan fingerprint density at radius 3 is 1.82 bits per heavy atom. The van der Waals surface area contributed by atoms with Crippen molar-refractivity contribution in [2.45, 2.75) is 51.9 Å². The molecule has 11 heavy (non-hydrogen) atoms. The molecule has 0 atom stereocenters. The molecule has 0 spiro atoms. The second-order valence-corrected chi connectivity index (χ2v) is 2.62. The monoisotopic (exact) mass is 234 g/mol. The van der Waals surface area contributed by atoms with Crippen molar-refractivity contribution in [3.05, 3.63) is 6.92 Å². The molecule has 0 aromatic heterocycles. The van der Waals surface area contributed by atoms with Crippen LogP contribution in [0.15, 0.2) is 0 Å². The van der Waals surface area contributed by atoms with Gasteiger partial charge in [0.15, 0.2) is 0 Å². The predicted molar refractivity (Wildman–Crippen MR) is 47.0 cm³/mol. The summed E-state index contributed by atoms with van der Waals surface area (Å²) in [5.41, 5.74) is 0. The summed E-state index contributed by atoms with van der Waals surface area (Å²) in [6, 6.07) is 0. The number of rotatable bonds is 6. The Hall–Kier alpha value is 1.06. The molecule has 0 fully saturated rings. The Labute approximate surface area is 96.5 Å². The third kappa shape index (κ3) is 18.2. The van der Waals surface area contributed by atoms with Crippen molar-refractivity contribution in [3.8, 4) is 0 Å². The Kier molecular flexibility index (Phi) is 28.2. The van der Waals surface area contributed by atoms with Crippen LogP contribution < -0.4 is 0 Å². The molecular formula is C9H21OY-. The quantitative estimate of drug-likeness (QED) is 0.500. The fraction of sp³-hybridized carbons (Fsp3) is 0.889. The first-order valence-electron chi connectivity index (χ1n) is 4.21. The molecule has 2 N–H and O–H groups in total. The van der Waals surface area contributed by atoms with Crippen molar-refractivity contribution in [1.82, 2.24) is 0 Å². The van der Waals surface area contributed by atoms with E-state index in [-0.39, 0.29) is 38.2 Å². The van der Waals surface area contributed by atoms with E-state index >= 15 is 0 Å². The maximum absolute atomic E-state index is 3.80. The summed E-state index contributed by atoms with van der Waals surface area (Å²) < 4.78 is 0. The molecule has 0 saturated heterocycles. The van der Waals surface area contributed by atoms with Gasteiger partial charge in [-0.2, -0.15) is 6.42 Å². The predicted octanol–water partition coefficient (Wildman–Crippen LogP) is 2.74. The SMILES string of the molecule is O.[CH2-]CCCCCCCC.[Y]. The van der Waals surface area contributed by atoms with E-state index in [1.165, 1.54) is 38.5 Å². The molecule has 0 rings (SSSR count). The fourth-order valence-electron chi connectivity index (χ4n) is 0.957. The largest absolute Gasteiger partial charge is 0.412 e. The fourth-order valence-corrected chi connectivity index (χ4v) is 0.957. The van der Waals surface area contributed by atoms with Gasteiger partial charge in [-0.3, -0.25) is 0 Å². The second-order valence-electron chi connectivity index (χ2n) is 2.62. The Morgan fingerprint density at radius 2 is 1.36 bits per heavy atom. The van der Waals surface area contributed by atoms with E-state index in [4.69, 9.17) is 0 Å². The molecule has 0 aliphatic heterocycles. The van der Waals surface area contributed by atoms with Crippen molar-refractivity contribution in [2.75, 3.05) is 0 Å². The van der Waals surface area contributed by atoms with Crippen LogP contribution >= 0.6 is 0 Å². The van der Waals surface area contributed by atoms with Gasteiger partial charge in [-0.1, -0.05) is 45.4 Å². The maximum Gasteiger partial charge on any atom is 0 e. The van der Waals surface area contributed by atoms with Crippen LogP contribution in [-0.4, -0.2) is 5.48 Å². The van der Waals surface area contributed by atoms with E-state index < -0.39 is 0 Å². The van der Waals surface area contributed by atoms with E-state index in [9.17, 15) is 0 Å². The summed E-state index contributed by atoms with van der Waals surface area (Å²) in [4.78, 5) is 0. The third-order valence-electron chi connectivity index (χ3n) is 1.60. The van der Waals surface area contributed by atoms with Gasteiger partial charge in [0.2, 0.25) is 0 Å². The zero-order chi connectivity index (χ0) is 6.95. The zero-order valence-electron chi connectivity index (χ0n) is 7.73. The van der Waals surface area contributed by atoms with Gasteiger partial charge in [0.05, 0.1) is 0 Å². The molecule has 0 amide bonds. The Morgan fingerprint density at radius 1 is 0.909 bits per heavy atom. The van der Waals surface area contributed by atoms with Gasteiger partial charge in [0.25, 0.3) is 0 Å². The number of hydrogen-bond acceptors (Lipinski definition) is 0. The van der Waals surface area contributed by atoms with Crippen LogP contribution in [-0.2, 0) is 32.7 Å². The van der Waals surface area contributed by atoms with Crippen LogP contribution in [0.5, 0.6) is 0 Å². The van der Waals surface area contributed by atoms with Gasteiger partial charge in [-0.25, -0.2) is 0 Å². The average molecular weight is 234 g/mol. The molecular weight excluding hydrogens is 213 g/mol. The molecule has 0 saturated carbocycles. The minimum absolute atomic E-state index is 0. The first-order valence-corrected chi connectivity index (χ1v) is 4.21. The molecule has 0 aliphatic carbocycles. The average Bonchev–Trinajstić information content (AvgIpc) is 1.89. The van der Waals surface area contributed by atoms with Crippen molar-refractivity contribution in [3.63, 3.8) is 0 Å². The van der Waals surface area contributed by atoms with Crippen LogP contribution in [0.2, 0.25) is 0 Å². The summed E-state index contributed by atoms with van der Waals surface area (Å²) >= 11 is 0. The minimum atomic E-state index is 0. The summed E-state index contributed by atoms with van der Waals surface area (Å²) in [5, 5.41) is 0. The second kappa shape index (κ2) is 17.2. The molecule has 67 valence electrons. The van der Waals surface area contributed by atoms with Crippen LogP contribution in [0.3, 0.4) is 0 Å². The minimum Gasteiger partial charge on any atom is -0.412 e. The van der Waals surface area contributed by atoms with E-state index in [0.29, 0.717) is 0 Å². The van der Waals surface area contributed by atoms with Gasteiger partial charge in [0, 0.05) is 32.7 Å². The summed E-state index contributed by atoms with van der Waals surface area (Å²) in [6.07, 6.45) is 9.45. The molecule has 1 radical (unpaired) electrons. The van der Waals surface area contributed by atoms with Crippen molar-refractivity contribution >= 4 is 0 Å². The topological polar surface area (TPSA) is 31.5 Å².